The van der Waals surface area contributed by atoms with Crippen LogP contribution in [0.1, 0.15) is 11.3 Å². The molecule has 0 bridgehead atoms. The van der Waals surface area contributed by atoms with E-state index in [9.17, 15) is 0 Å². The number of ether oxygens (including phenoxy) is 2. The van der Waals surface area contributed by atoms with E-state index in [4.69, 9.17) is 9.47 Å². The number of hydrogen-bond acceptors (Lipinski definition) is 3. The van der Waals surface area contributed by atoms with Crippen LogP contribution in [0.5, 0.6) is 0 Å². The van der Waals surface area contributed by atoms with E-state index in [1.807, 2.05) is 12.1 Å². The van der Waals surface area contributed by atoms with Gasteiger partial charge in [-0.1, -0.05) is 58.4 Å². The minimum atomic E-state index is -0.243. The Morgan fingerprint density at radius 1 is 0.963 bits per heavy atom. The average molecular weight is 429 g/mol. The van der Waals surface area contributed by atoms with Crippen molar-refractivity contribution in [1.29, 1.82) is 0 Å². The molecule has 0 amide bonds. The molecule has 0 aliphatic rings. The minimum Gasteiger partial charge on any atom is -0.355 e. The summed E-state index contributed by atoms with van der Waals surface area (Å²) < 4.78 is 13.9. The molecule has 3 aromatic rings. The van der Waals surface area contributed by atoms with E-state index >= 15 is 0 Å². The fraction of sp³-hybridized carbons (Fsp3) is 0.273. The molecule has 1 aromatic heterocycles. The van der Waals surface area contributed by atoms with Crippen LogP contribution in [0.25, 0.3) is 11.1 Å². The zero-order valence-electron chi connectivity index (χ0n) is 15.7. The van der Waals surface area contributed by atoms with Crippen molar-refractivity contribution in [2.24, 2.45) is 0 Å². The van der Waals surface area contributed by atoms with Crippen LogP contribution in [-0.2, 0) is 22.6 Å². The monoisotopic (exact) mass is 428 g/mol. The summed E-state index contributed by atoms with van der Waals surface area (Å²) in [5.74, 6) is 0. The molecule has 0 saturated carbocycles. The lowest BCUT2D eigenvalue weighted by Crippen LogP contribution is -2.30. The van der Waals surface area contributed by atoms with Crippen LogP contribution in [0.15, 0.2) is 71.3 Å². The number of rotatable bonds is 9. The van der Waals surface area contributed by atoms with Crippen LogP contribution in [0.4, 0.5) is 0 Å². The van der Waals surface area contributed by atoms with Gasteiger partial charge in [-0.15, -0.1) is 0 Å². The second-order valence-electron chi connectivity index (χ2n) is 6.38. The molecule has 0 fully saturated rings. The predicted molar refractivity (Wildman–Crippen MR) is 113 cm³/mol. The number of halogens is 1. The number of methoxy groups -OCH3 is 2. The molecular weight excluding hydrogens is 404 g/mol. The zero-order valence-corrected chi connectivity index (χ0v) is 17.3. The third-order valence-corrected chi connectivity index (χ3v) is 4.97. The lowest BCUT2D eigenvalue weighted by molar-refractivity contribution is -0.0989. The summed E-state index contributed by atoms with van der Waals surface area (Å²) in [6.07, 6.45) is 1.98. The van der Waals surface area contributed by atoms with Crippen molar-refractivity contribution < 1.29 is 9.47 Å². The van der Waals surface area contributed by atoms with Gasteiger partial charge in [-0.3, -0.25) is 0 Å². The third-order valence-electron chi connectivity index (χ3n) is 4.48. The van der Waals surface area contributed by atoms with Crippen LogP contribution < -0.4 is 5.32 Å². The van der Waals surface area contributed by atoms with Crippen molar-refractivity contribution in [3.05, 3.63) is 82.6 Å². The van der Waals surface area contributed by atoms with Gasteiger partial charge in [-0.2, -0.15) is 0 Å². The molecule has 3 rings (SSSR count). The number of nitrogens with one attached hydrogen (secondary N) is 1. The topological polar surface area (TPSA) is 35.4 Å². The Kier molecular flexibility index (Phi) is 7.24. The molecule has 2 aromatic carbocycles. The molecule has 1 heterocycles. The molecule has 0 atom stereocenters. The summed E-state index contributed by atoms with van der Waals surface area (Å²) in [4.78, 5) is 0. The van der Waals surface area contributed by atoms with Crippen molar-refractivity contribution in [3.63, 3.8) is 0 Å². The van der Waals surface area contributed by atoms with E-state index in [1.165, 1.54) is 22.4 Å². The van der Waals surface area contributed by atoms with Crippen LogP contribution in [0.2, 0.25) is 0 Å². The van der Waals surface area contributed by atoms with E-state index in [0.29, 0.717) is 6.54 Å². The maximum absolute atomic E-state index is 5.25. The van der Waals surface area contributed by atoms with E-state index < -0.39 is 0 Å². The Labute approximate surface area is 169 Å². The number of aromatic nitrogens is 1. The standard InChI is InChI=1S/C22H25BrN2O2/c1-26-22(27-2)14-24-13-21-12-19(18-8-4-3-5-9-18)16-25(21)15-17-7-6-10-20(23)11-17/h3-12,16,22,24H,13-15H2,1-2H3. The number of benzene rings is 2. The predicted octanol–water partition coefficient (Wildman–Crippen LogP) is 4.67. The largest absolute Gasteiger partial charge is 0.355 e. The Balaban J connectivity index is 1.81. The van der Waals surface area contributed by atoms with Crippen molar-refractivity contribution >= 4 is 15.9 Å². The molecule has 0 aliphatic heterocycles. The van der Waals surface area contributed by atoms with Gasteiger partial charge < -0.3 is 19.4 Å². The van der Waals surface area contributed by atoms with Crippen LogP contribution in [0, 0.1) is 0 Å². The second kappa shape index (κ2) is 9.85. The van der Waals surface area contributed by atoms with Crippen molar-refractivity contribution in [3.8, 4) is 11.1 Å². The zero-order chi connectivity index (χ0) is 19.1. The first-order valence-corrected chi connectivity index (χ1v) is 9.74. The first kappa shape index (κ1) is 19.8. The summed E-state index contributed by atoms with van der Waals surface area (Å²) in [5, 5.41) is 3.43. The summed E-state index contributed by atoms with van der Waals surface area (Å²) >= 11 is 3.56. The van der Waals surface area contributed by atoms with E-state index in [-0.39, 0.29) is 6.29 Å². The van der Waals surface area contributed by atoms with Crippen molar-refractivity contribution in [2.75, 3.05) is 20.8 Å². The highest BCUT2D eigenvalue weighted by Crippen LogP contribution is 2.23. The first-order chi connectivity index (χ1) is 13.2. The van der Waals surface area contributed by atoms with Gasteiger partial charge in [0.05, 0.1) is 0 Å². The summed E-state index contributed by atoms with van der Waals surface area (Å²) in [5.41, 5.74) is 4.92. The fourth-order valence-electron chi connectivity index (χ4n) is 3.05. The van der Waals surface area contributed by atoms with Gasteiger partial charge in [-0.25, -0.2) is 0 Å². The number of nitrogens with zero attached hydrogens (tertiary/aromatic N) is 1. The molecular formula is C22H25BrN2O2. The molecule has 27 heavy (non-hydrogen) atoms. The quantitative estimate of drug-likeness (QED) is 0.502. The Morgan fingerprint density at radius 3 is 2.44 bits per heavy atom. The molecule has 0 spiro atoms. The SMILES string of the molecule is COC(CNCc1cc(-c2ccccc2)cn1Cc1cccc(Br)c1)OC. The molecule has 1 N–H and O–H groups in total. The minimum absolute atomic E-state index is 0.243. The molecule has 0 unspecified atom stereocenters. The van der Waals surface area contributed by atoms with Crippen LogP contribution in [0.3, 0.4) is 0 Å². The lowest BCUT2D eigenvalue weighted by Gasteiger charge is -2.15. The van der Waals surface area contributed by atoms with Gasteiger partial charge in [0.25, 0.3) is 0 Å². The molecule has 4 nitrogen and oxygen atoms in total. The third kappa shape index (κ3) is 5.53. The molecule has 142 valence electrons. The van der Waals surface area contributed by atoms with Crippen molar-refractivity contribution in [1.82, 2.24) is 9.88 Å². The molecule has 0 aliphatic carbocycles. The van der Waals surface area contributed by atoms with Gasteiger partial charge in [0.15, 0.2) is 6.29 Å². The van der Waals surface area contributed by atoms with Gasteiger partial charge >= 0.3 is 0 Å². The first-order valence-electron chi connectivity index (χ1n) is 8.95. The van der Waals surface area contributed by atoms with Gasteiger partial charge in [0.1, 0.15) is 0 Å². The maximum Gasteiger partial charge on any atom is 0.169 e. The van der Waals surface area contributed by atoms with Crippen LogP contribution in [-0.4, -0.2) is 31.6 Å². The Bertz CT molecular complexity index is 845. The van der Waals surface area contributed by atoms with E-state index in [1.54, 1.807) is 14.2 Å². The molecule has 0 radical (unpaired) electrons. The summed E-state index contributed by atoms with van der Waals surface area (Å²) in [7, 11) is 3.30. The van der Waals surface area contributed by atoms with E-state index in [0.717, 1.165) is 17.6 Å². The molecule has 5 heteroatoms. The molecule has 0 saturated heterocycles. The maximum atomic E-state index is 5.25. The Morgan fingerprint density at radius 2 is 1.74 bits per heavy atom. The second-order valence-corrected chi connectivity index (χ2v) is 7.29. The van der Waals surface area contributed by atoms with Gasteiger partial charge in [-0.05, 0) is 34.9 Å². The Hall–Kier alpha value is -1.92. The van der Waals surface area contributed by atoms with Crippen molar-refractivity contribution in [2.45, 2.75) is 19.4 Å². The lowest BCUT2D eigenvalue weighted by atomic mass is 10.1. The summed E-state index contributed by atoms with van der Waals surface area (Å²) in [6, 6.07) is 21.1. The smallest absolute Gasteiger partial charge is 0.169 e. The fourth-order valence-corrected chi connectivity index (χ4v) is 3.50. The highest BCUT2D eigenvalue weighted by atomic mass is 79.9. The summed E-state index contributed by atoms with van der Waals surface area (Å²) in [6.45, 7) is 2.20. The van der Waals surface area contributed by atoms with Crippen LogP contribution >= 0.6 is 15.9 Å². The highest BCUT2D eigenvalue weighted by Gasteiger charge is 2.10. The van der Waals surface area contributed by atoms with Gasteiger partial charge in [0.2, 0.25) is 0 Å². The van der Waals surface area contributed by atoms with E-state index in [2.05, 4.69) is 80.5 Å². The van der Waals surface area contributed by atoms with Gasteiger partial charge in [0, 0.05) is 50.2 Å². The average Bonchev–Trinajstić information content (AvgIpc) is 3.09. The number of hydrogen-bond donors (Lipinski definition) is 1. The highest BCUT2D eigenvalue weighted by molar-refractivity contribution is 9.10. The normalized spacial score (nSPS) is 11.3.